The third kappa shape index (κ3) is 4.58. The van der Waals surface area contributed by atoms with Crippen LogP contribution in [0.5, 0.6) is 0 Å². The highest BCUT2D eigenvalue weighted by atomic mass is 32.2. The third-order valence-electron chi connectivity index (χ3n) is 3.72. The molecule has 0 aliphatic rings. The first kappa shape index (κ1) is 18.0. The first-order valence-electron chi connectivity index (χ1n) is 7.82. The molecule has 0 aliphatic heterocycles. The molecule has 128 valence electrons. The summed E-state index contributed by atoms with van der Waals surface area (Å²) in [4.78, 5) is 12.1. The van der Waals surface area contributed by atoms with Gasteiger partial charge >= 0.3 is 0 Å². The Morgan fingerprint density at radius 1 is 1.04 bits per heavy atom. The zero-order valence-corrected chi connectivity index (χ0v) is 14.9. The number of sulfonamides is 1. The van der Waals surface area contributed by atoms with Crippen LogP contribution < -0.4 is 10.0 Å². The standard InChI is InChI=1S/C18H22N2O3S/c1-4-14(3)19-18(21)15-7-11-17(12-8-15)24(22,23)20-16-9-5-13(2)6-10-16/h5-12,14,20H,4H2,1-3H3,(H,19,21)/t14-/m1/s1. The lowest BCUT2D eigenvalue weighted by Crippen LogP contribution is -2.31. The van der Waals surface area contributed by atoms with E-state index >= 15 is 0 Å². The summed E-state index contributed by atoms with van der Waals surface area (Å²) in [6, 6.07) is 13.1. The topological polar surface area (TPSA) is 75.3 Å². The lowest BCUT2D eigenvalue weighted by Gasteiger charge is -2.12. The number of carbonyl (C=O) groups is 1. The molecule has 2 aromatic rings. The van der Waals surface area contributed by atoms with Gasteiger partial charge in [0.05, 0.1) is 4.90 Å². The summed E-state index contributed by atoms with van der Waals surface area (Å²) < 4.78 is 27.3. The van der Waals surface area contributed by atoms with Gasteiger partial charge < -0.3 is 5.32 Å². The number of amides is 1. The predicted octanol–water partition coefficient (Wildman–Crippen LogP) is 3.32. The molecule has 5 nitrogen and oxygen atoms in total. The minimum absolute atomic E-state index is 0.0733. The molecular weight excluding hydrogens is 324 g/mol. The van der Waals surface area contributed by atoms with Crippen LogP contribution in [0, 0.1) is 6.92 Å². The van der Waals surface area contributed by atoms with Crippen molar-refractivity contribution in [2.45, 2.75) is 38.1 Å². The van der Waals surface area contributed by atoms with Crippen LogP contribution in [0.1, 0.15) is 36.2 Å². The Labute approximate surface area is 143 Å². The number of aryl methyl sites for hydroxylation is 1. The fourth-order valence-corrected chi connectivity index (χ4v) is 3.09. The van der Waals surface area contributed by atoms with Crippen LogP contribution >= 0.6 is 0 Å². The lowest BCUT2D eigenvalue weighted by molar-refractivity contribution is 0.0939. The van der Waals surface area contributed by atoms with Crippen LogP contribution in [0.25, 0.3) is 0 Å². The molecule has 0 heterocycles. The molecule has 0 spiro atoms. The molecule has 2 aromatic carbocycles. The van der Waals surface area contributed by atoms with E-state index in [9.17, 15) is 13.2 Å². The maximum atomic E-state index is 12.4. The minimum Gasteiger partial charge on any atom is -0.350 e. The van der Waals surface area contributed by atoms with Gasteiger partial charge in [-0.05, 0) is 56.7 Å². The van der Waals surface area contributed by atoms with E-state index in [1.54, 1.807) is 12.1 Å². The zero-order valence-electron chi connectivity index (χ0n) is 14.0. The molecule has 24 heavy (non-hydrogen) atoms. The molecule has 0 radical (unpaired) electrons. The number of rotatable bonds is 6. The maximum absolute atomic E-state index is 12.4. The lowest BCUT2D eigenvalue weighted by atomic mass is 10.2. The van der Waals surface area contributed by atoms with Gasteiger partial charge in [0.2, 0.25) is 0 Å². The molecule has 6 heteroatoms. The Bertz CT molecular complexity index is 797. The van der Waals surface area contributed by atoms with E-state index in [1.807, 2.05) is 32.9 Å². The zero-order chi connectivity index (χ0) is 17.7. The highest BCUT2D eigenvalue weighted by Crippen LogP contribution is 2.17. The van der Waals surface area contributed by atoms with Crippen molar-refractivity contribution in [1.29, 1.82) is 0 Å². The molecule has 1 amide bonds. The quantitative estimate of drug-likeness (QED) is 0.842. The second-order valence-electron chi connectivity index (χ2n) is 5.78. The van der Waals surface area contributed by atoms with Crippen molar-refractivity contribution in [3.63, 3.8) is 0 Å². The van der Waals surface area contributed by atoms with Gasteiger partial charge in [-0.15, -0.1) is 0 Å². The van der Waals surface area contributed by atoms with E-state index in [0.29, 0.717) is 11.3 Å². The van der Waals surface area contributed by atoms with Crippen molar-refractivity contribution in [3.8, 4) is 0 Å². The van der Waals surface area contributed by atoms with E-state index < -0.39 is 10.0 Å². The van der Waals surface area contributed by atoms with Crippen molar-refractivity contribution in [2.75, 3.05) is 4.72 Å². The van der Waals surface area contributed by atoms with Gasteiger partial charge in [0.25, 0.3) is 15.9 Å². The van der Waals surface area contributed by atoms with Crippen LogP contribution in [0.3, 0.4) is 0 Å². The van der Waals surface area contributed by atoms with Crippen LogP contribution in [0.2, 0.25) is 0 Å². The third-order valence-corrected chi connectivity index (χ3v) is 5.12. The van der Waals surface area contributed by atoms with Crippen molar-refractivity contribution < 1.29 is 13.2 Å². The van der Waals surface area contributed by atoms with E-state index in [-0.39, 0.29) is 16.8 Å². The number of carbonyl (C=O) groups excluding carboxylic acids is 1. The largest absolute Gasteiger partial charge is 0.350 e. The smallest absolute Gasteiger partial charge is 0.261 e. The van der Waals surface area contributed by atoms with Gasteiger partial charge in [-0.3, -0.25) is 9.52 Å². The summed E-state index contributed by atoms with van der Waals surface area (Å²) in [5.41, 5.74) is 1.98. The molecule has 0 saturated heterocycles. The summed E-state index contributed by atoms with van der Waals surface area (Å²) in [5.74, 6) is -0.209. The number of hydrogen-bond acceptors (Lipinski definition) is 3. The Kier molecular flexibility index (Phi) is 5.62. The van der Waals surface area contributed by atoms with Crippen LogP contribution in [-0.4, -0.2) is 20.4 Å². The Hall–Kier alpha value is -2.34. The normalized spacial score (nSPS) is 12.5. The van der Waals surface area contributed by atoms with Gasteiger partial charge in [0.1, 0.15) is 0 Å². The predicted molar refractivity (Wildman–Crippen MR) is 95.6 cm³/mol. The van der Waals surface area contributed by atoms with E-state index in [0.717, 1.165) is 12.0 Å². The first-order valence-corrected chi connectivity index (χ1v) is 9.30. The van der Waals surface area contributed by atoms with Gasteiger partial charge in [0.15, 0.2) is 0 Å². The summed E-state index contributed by atoms with van der Waals surface area (Å²) in [6.45, 7) is 5.83. The molecule has 0 fully saturated rings. The molecule has 2 rings (SSSR count). The first-order chi connectivity index (χ1) is 11.3. The van der Waals surface area contributed by atoms with E-state index in [4.69, 9.17) is 0 Å². The van der Waals surface area contributed by atoms with Crippen LogP contribution in [-0.2, 0) is 10.0 Å². The Balaban J connectivity index is 2.14. The minimum atomic E-state index is -3.68. The second kappa shape index (κ2) is 7.49. The Morgan fingerprint density at radius 3 is 2.17 bits per heavy atom. The maximum Gasteiger partial charge on any atom is 0.261 e. The van der Waals surface area contributed by atoms with Gasteiger partial charge in [-0.1, -0.05) is 24.6 Å². The summed E-state index contributed by atoms with van der Waals surface area (Å²) >= 11 is 0. The molecule has 0 unspecified atom stereocenters. The fraction of sp³-hybridized carbons (Fsp3) is 0.278. The van der Waals surface area contributed by atoms with Crippen LogP contribution in [0.4, 0.5) is 5.69 Å². The molecule has 0 bridgehead atoms. The molecule has 2 N–H and O–H groups in total. The molecule has 0 saturated carbocycles. The summed E-state index contributed by atoms with van der Waals surface area (Å²) in [7, 11) is -3.68. The van der Waals surface area contributed by atoms with Crippen molar-refractivity contribution in [1.82, 2.24) is 5.32 Å². The SMILES string of the molecule is CC[C@@H](C)NC(=O)c1ccc(S(=O)(=O)Nc2ccc(C)cc2)cc1. The molecule has 0 aromatic heterocycles. The number of nitrogens with one attached hydrogen (secondary N) is 2. The number of hydrogen-bond donors (Lipinski definition) is 2. The highest BCUT2D eigenvalue weighted by molar-refractivity contribution is 7.92. The molecule has 0 aliphatic carbocycles. The number of anilines is 1. The average molecular weight is 346 g/mol. The van der Waals surface area contributed by atoms with E-state index in [1.165, 1.54) is 24.3 Å². The summed E-state index contributed by atoms with van der Waals surface area (Å²) in [6.07, 6.45) is 0.832. The molecule has 1 atom stereocenters. The Morgan fingerprint density at radius 2 is 1.62 bits per heavy atom. The highest BCUT2D eigenvalue weighted by Gasteiger charge is 2.15. The van der Waals surface area contributed by atoms with Crippen LogP contribution in [0.15, 0.2) is 53.4 Å². The van der Waals surface area contributed by atoms with Gasteiger partial charge in [0, 0.05) is 17.3 Å². The molecular formula is C18H22N2O3S. The average Bonchev–Trinajstić information content (AvgIpc) is 2.56. The van der Waals surface area contributed by atoms with E-state index in [2.05, 4.69) is 10.0 Å². The fourth-order valence-electron chi connectivity index (χ4n) is 2.03. The van der Waals surface area contributed by atoms with Crippen molar-refractivity contribution in [3.05, 3.63) is 59.7 Å². The van der Waals surface area contributed by atoms with Crippen molar-refractivity contribution in [2.24, 2.45) is 0 Å². The number of benzene rings is 2. The van der Waals surface area contributed by atoms with Gasteiger partial charge in [-0.25, -0.2) is 8.42 Å². The summed E-state index contributed by atoms with van der Waals surface area (Å²) in [5, 5.41) is 2.85. The van der Waals surface area contributed by atoms with Gasteiger partial charge in [-0.2, -0.15) is 0 Å². The second-order valence-corrected chi connectivity index (χ2v) is 7.46. The van der Waals surface area contributed by atoms with Crippen molar-refractivity contribution >= 4 is 21.6 Å². The monoisotopic (exact) mass is 346 g/mol.